The summed E-state index contributed by atoms with van der Waals surface area (Å²) < 4.78 is 14.8. The van der Waals surface area contributed by atoms with Gasteiger partial charge in [0.05, 0.1) is 20.9 Å². The molecule has 7 heteroatoms. The number of halogens is 1. The predicted octanol–water partition coefficient (Wildman–Crippen LogP) is 6.35. The van der Waals surface area contributed by atoms with Crippen molar-refractivity contribution in [2.24, 2.45) is 0 Å². The van der Waals surface area contributed by atoms with Crippen LogP contribution in [0.25, 0.3) is 10.6 Å². The molecule has 0 amide bonds. The summed E-state index contributed by atoms with van der Waals surface area (Å²) in [6.07, 6.45) is -0.153. The van der Waals surface area contributed by atoms with Crippen LogP contribution in [-0.4, -0.2) is 35.0 Å². The van der Waals surface area contributed by atoms with Crippen molar-refractivity contribution >= 4 is 33.2 Å². The van der Waals surface area contributed by atoms with Crippen LogP contribution >= 0.6 is 27.3 Å². The number of hydrogen-bond donors (Lipinski definition) is 1. The minimum absolute atomic E-state index is 0.193. The van der Waals surface area contributed by atoms with Gasteiger partial charge >= 0.3 is 5.97 Å². The van der Waals surface area contributed by atoms with Crippen LogP contribution in [0.1, 0.15) is 37.4 Å². The highest BCUT2D eigenvalue weighted by Crippen LogP contribution is 2.32. The van der Waals surface area contributed by atoms with Gasteiger partial charge in [-0.1, -0.05) is 19.1 Å². The molecule has 0 spiro atoms. The number of aryl methyl sites for hydroxylation is 1. The normalized spacial score (nSPS) is 13.2. The Morgan fingerprint density at radius 3 is 2.45 bits per heavy atom. The van der Waals surface area contributed by atoms with Gasteiger partial charge in [0.25, 0.3) is 0 Å². The van der Waals surface area contributed by atoms with Crippen molar-refractivity contribution < 1.29 is 19.4 Å². The average molecular weight is 506 g/mol. The number of rotatable bonds is 11. The summed E-state index contributed by atoms with van der Waals surface area (Å²) in [5.41, 5.74) is 3.33. The first kappa shape index (κ1) is 23.6. The molecular weight excluding hydrogens is 478 g/mol. The summed E-state index contributed by atoms with van der Waals surface area (Å²) in [4.78, 5) is 12.8. The first-order chi connectivity index (χ1) is 14.9. The fourth-order valence-corrected chi connectivity index (χ4v) is 5.18. The summed E-state index contributed by atoms with van der Waals surface area (Å²) in [5, 5.41) is 9.50. The third-order valence-corrected chi connectivity index (χ3v) is 6.96. The van der Waals surface area contributed by atoms with Crippen molar-refractivity contribution in [3.63, 3.8) is 0 Å². The maximum atomic E-state index is 11.6. The summed E-state index contributed by atoms with van der Waals surface area (Å²) in [6.45, 7) is 7.56. The molecule has 5 nitrogen and oxygen atoms in total. The Morgan fingerprint density at radius 1 is 1.13 bits per heavy atom. The van der Waals surface area contributed by atoms with E-state index in [0.29, 0.717) is 19.6 Å². The van der Waals surface area contributed by atoms with Crippen molar-refractivity contribution in [3.05, 3.63) is 63.6 Å². The van der Waals surface area contributed by atoms with Gasteiger partial charge in [-0.2, -0.15) is 0 Å². The molecule has 1 N–H and O–H groups in total. The van der Waals surface area contributed by atoms with Gasteiger partial charge in [0.2, 0.25) is 0 Å². The maximum Gasteiger partial charge on any atom is 0.333 e. The Morgan fingerprint density at radius 2 is 1.87 bits per heavy atom. The van der Waals surface area contributed by atoms with Crippen molar-refractivity contribution in [2.45, 2.75) is 45.8 Å². The van der Waals surface area contributed by atoms with Crippen LogP contribution in [0.15, 0.2) is 52.3 Å². The molecule has 2 aromatic heterocycles. The topological polar surface area (TPSA) is 60.7 Å². The summed E-state index contributed by atoms with van der Waals surface area (Å²) >= 11 is 5.25. The van der Waals surface area contributed by atoms with E-state index in [-0.39, 0.29) is 5.92 Å². The van der Waals surface area contributed by atoms with Gasteiger partial charge in [-0.25, -0.2) is 4.79 Å². The molecular formula is C24H28BrNO4S. The molecule has 3 rings (SSSR count). The lowest BCUT2D eigenvalue weighted by molar-refractivity contribution is -0.151. The van der Waals surface area contributed by atoms with Gasteiger partial charge in [0, 0.05) is 18.2 Å². The van der Waals surface area contributed by atoms with E-state index in [1.165, 1.54) is 16.3 Å². The Balaban J connectivity index is 1.64. The number of benzene rings is 1. The van der Waals surface area contributed by atoms with Crippen LogP contribution in [-0.2, 0) is 16.1 Å². The Labute approximate surface area is 195 Å². The molecule has 0 saturated carbocycles. The van der Waals surface area contributed by atoms with Gasteiger partial charge in [0.15, 0.2) is 6.10 Å². The molecule has 1 aromatic carbocycles. The SMILES string of the molecule is CCOC(C(=O)O)C(CC)c1ccc(OCCn2c(C)ccc2-c2ccc(Br)s2)cc1. The molecule has 0 fully saturated rings. The van der Waals surface area contributed by atoms with Gasteiger partial charge in [-0.05, 0) is 78.2 Å². The highest BCUT2D eigenvalue weighted by molar-refractivity contribution is 9.11. The van der Waals surface area contributed by atoms with Crippen LogP contribution in [0.2, 0.25) is 0 Å². The molecule has 31 heavy (non-hydrogen) atoms. The predicted molar refractivity (Wildman–Crippen MR) is 128 cm³/mol. The number of aliphatic carboxylic acids is 1. The third kappa shape index (κ3) is 5.79. The van der Waals surface area contributed by atoms with Gasteiger partial charge in [-0.3, -0.25) is 0 Å². The highest BCUT2D eigenvalue weighted by Gasteiger charge is 2.28. The number of ether oxygens (including phenoxy) is 2. The average Bonchev–Trinajstić information content (AvgIpc) is 3.34. The molecule has 2 unspecified atom stereocenters. The smallest absolute Gasteiger partial charge is 0.333 e. The first-order valence-corrected chi connectivity index (χ1v) is 12.0. The molecule has 0 radical (unpaired) electrons. The molecule has 2 heterocycles. The third-order valence-electron chi connectivity index (χ3n) is 5.31. The lowest BCUT2D eigenvalue weighted by Crippen LogP contribution is -2.30. The number of carboxylic acids is 1. The molecule has 3 aromatic rings. The summed E-state index contributed by atoms with van der Waals surface area (Å²) in [7, 11) is 0. The van der Waals surface area contributed by atoms with Crippen LogP contribution in [0, 0.1) is 6.92 Å². The van der Waals surface area contributed by atoms with E-state index in [1.807, 2.05) is 38.1 Å². The number of carbonyl (C=O) groups is 1. The maximum absolute atomic E-state index is 11.6. The molecule has 0 bridgehead atoms. The Hall–Kier alpha value is -2.09. The number of carboxylic acid groups (broad SMARTS) is 1. The number of aromatic nitrogens is 1. The molecule has 2 atom stereocenters. The standard InChI is InChI=1S/C24H28BrNO4S/c1-4-19(23(24(27)28)29-5-2)17-7-9-18(10-8-17)30-15-14-26-16(3)6-11-20(26)21-12-13-22(25)31-21/h6-13,19,23H,4-5,14-15H2,1-3H3,(H,27,28). The number of nitrogens with zero attached hydrogens (tertiary/aromatic N) is 1. The van der Waals surface area contributed by atoms with Crippen LogP contribution in [0.4, 0.5) is 0 Å². The van der Waals surface area contributed by atoms with Crippen molar-refractivity contribution in [1.82, 2.24) is 4.57 Å². The summed E-state index contributed by atoms with van der Waals surface area (Å²) in [5.74, 6) is -0.349. The van der Waals surface area contributed by atoms with E-state index >= 15 is 0 Å². The minimum atomic E-state index is -0.926. The second kappa shape index (κ2) is 11.0. The minimum Gasteiger partial charge on any atom is -0.492 e. The highest BCUT2D eigenvalue weighted by atomic mass is 79.9. The van der Waals surface area contributed by atoms with Gasteiger partial charge < -0.3 is 19.1 Å². The summed E-state index contributed by atoms with van der Waals surface area (Å²) in [6, 6.07) is 16.1. The van der Waals surface area contributed by atoms with Gasteiger partial charge in [-0.15, -0.1) is 11.3 Å². The largest absolute Gasteiger partial charge is 0.492 e. The molecule has 166 valence electrons. The van der Waals surface area contributed by atoms with Crippen LogP contribution in [0.5, 0.6) is 5.75 Å². The first-order valence-electron chi connectivity index (χ1n) is 10.4. The fraction of sp³-hybridized carbons (Fsp3) is 0.375. The monoisotopic (exact) mass is 505 g/mol. The van der Waals surface area contributed by atoms with E-state index in [1.54, 1.807) is 11.3 Å². The molecule has 0 saturated heterocycles. The van der Waals surface area contributed by atoms with Crippen molar-refractivity contribution in [2.75, 3.05) is 13.2 Å². The van der Waals surface area contributed by atoms with E-state index in [2.05, 4.69) is 51.7 Å². The lowest BCUT2D eigenvalue weighted by atomic mass is 9.91. The number of thiophene rings is 1. The van der Waals surface area contributed by atoms with E-state index in [0.717, 1.165) is 21.6 Å². The second-order valence-electron chi connectivity index (χ2n) is 7.26. The van der Waals surface area contributed by atoms with Crippen molar-refractivity contribution in [1.29, 1.82) is 0 Å². The Bertz CT molecular complexity index is 995. The van der Waals surface area contributed by atoms with E-state index in [4.69, 9.17) is 9.47 Å². The Kier molecular flexibility index (Phi) is 8.35. The zero-order chi connectivity index (χ0) is 22.4. The fourth-order valence-electron chi connectivity index (χ4n) is 3.76. The van der Waals surface area contributed by atoms with Crippen LogP contribution in [0.3, 0.4) is 0 Å². The van der Waals surface area contributed by atoms with Crippen molar-refractivity contribution in [3.8, 4) is 16.3 Å². The van der Waals surface area contributed by atoms with E-state index in [9.17, 15) is 9.90 Å². The van der Waals surface area contributed by atoms with Gasteiger partial charge in [0.1, 0.15) is 12.4 Å². The lowest BCUT2D eigenvalue weighted by Gasteiger charge is -2.23. The van der Waals surface area contributed by atoms with Crippen LogP contribution < -0.4 is 4.74 Å². The quantitative estimate of drug-likeness (QED) is 0.329. The second-order valence-corrected chi connectivity index (χ2v) is 9.72. The zero-order valence-corrected chi connectivity index (χ0v) is 20.4. The van der Waals surface area contributed by atoms with E-state index < -0.39 is 12.1 Å². The zero-order valence-electron chi connectivity index (χ0n) is 18.0. The molecule has 0 aliphatic rings. The number of hydrogen-bond acceptors (Lipinski definition) is 4. The molecule has 0 aliphatic heterocycles. The molecule has 0 aliphatic carbocycles.